The Hall–Kier alpha value is -1.42. The fourth-order valence-electron chi connectivity index (χ4n) is 1.67. The van der Waals surface area contributed by atoms with Crippen LogP contribution in [0, 0.1) is 0 Å². The van der Waals surface area contributed by atoms with Gasteiger partial charge in [0.15, 0.2) is 0 Å². The van der Waals surface area contributed by atoms with Crippen LogP contribution < -0.4 is 0 Å². The van der Waals surface area contributed by atoms with E-state index in [0.717, 1.165) is 18.1 Å². The number of aromatic amines is 1. The van der Waals surface area contributed by atoms with E-state index in [1.54, 1.807) is 0 Å². The summed E-state index contributed by atoms with van der Waals surface area (Å²) in [6, 6.07) is 8.39. The minimum Gasteiger partial charge on any atom is -0.367 e. The normalized spacial score (nSPS) is 12.1. The predicted molar refractivity (Wildman–Crippen MR) is 80.7 cm³/mol. The summed E-state index contributed by atoms with van der Waals surface area (Å²) in [5.74, 6) is 2.09. The molecule has 18 heavy (non-hydrogen) atoms. The average Bonchev–Trinajstić information content (AvgIpc) is 2.77. The number of amidine groups is 1. The number of hydrogen-bond donors (Lipinski definition) is 1. The first-order valence-electron chi connectivity index (χ1n) is 6.06. The van der Waals surface area contributed by atoms with Crippen molar-refractivity contribution >= 4 is 28.5 Å². The third-order valence-electron chi connectivity index (χ3n) is 2.89. The standard InChI is InChI=1S/C14H19N3S/c1-11(17(2)3)15-8-9-18-14-10-16-13-7-5-4-6-12(13)14/h4-7,10,16H,8-9H2,1-3H3. The van der Waals surface area contributed by atoms with E-state index in [4.69, 9.17) is 0 Å². The molecule has 0 spiro atoms. The van der Waals surface area contributed by atoms with Gasteiger partial charge in [0.05, 0.1) is 12.4 Å². The van der Waals surface area contributed by atoms with Gasteiger partial charge in [-0.2, -0.15) is 0 Å². The maximum absolute atomic E-state index is 4.51. The van der Waals surface area contributed by atoms with Gasteiger partial charge in [0.2, 0.25) is 0 Å². The van der Waals surface area contributed by atoms with E-state index in [2.05, 4.69) is 40.4 Å². The summed E-state index contributed by atoms with van der Waals surface area (Å²) in [5, 5.41) is 1.30. The Morgan fingerprint density at radius 3 is 2.89 bits per heavy atom. The molecule has 0 fully saturated rings. The lowest BCUT2D eigenvalue weighted by Crippen LogP contribution is -2.18. The summed E-state index contributed by atoms with van der Waals surface area (Å²) >= 11 is 1.85. The molecule has 0 amide bonds. The molecule has 96 valence electrons. The van der Waals surface area contributed by atoms with Gasteiger partial charge in [-0.25, -0.2) is 0 Å². The number of hydrogen-bond acceptors (Lipinski definition) is 2. The number of aliphatic imine (C=N–C) groups is 1. The van der Waals surface area contributed by atoms with Crippen LogP contribution in [0.1, 0.15) is 6.92 Å². The molecule has 1 aromatic carbocycles. The SMILES string of the molecule is CC(=NCCSc1c[nH]c2ccccc12)N(C)C. The van der Waals surface area contributed by atoms with Crippen LogP contribution in [-0.4, -0.2) is 42.1 Å². The van der Waals surface area contributed by atoms with Crippen molar-refractivity contribution < 1.29 is 0 Å². The van der Waals surface area contributed by atoms with Crippen LogP contribution >= 0.6 is 11.8 Å². The highest BCUT2D eigenvalue weighted by Gasteiger charge is 2.02. The highest BCUT2D eigenvalue weighted by Crippen LogP contribution is 2.27. The van der Waals surface area contributed by atoms with Gasteiger partial charge < -0.3 is 9.88 Å². The molecule has 0 saturated heterocycles. The van der Waals surface area contributed by atoms with Crippen molar-refractivity contribution in [3.63, 3.8) is 0 Å². The third-order valence-corrected chi connectivity index (χ3v) is 3.92. The molecular formula is C14H19N3S. The van der Waals surface area contributed by atoms with Crippen molar-refractivity contribution in [1.29, 1.82) is 0 Å². The Morgan fingerprint density at radius 2 is 2.11 bits per heavy atom. The zero-order valence-electron chi connectivity index (χ0n) is 11.1. The lowest BCUT2D eigenvalue weighted by atomic mass is 10.2. The van der Waals surface area contributed by atoms with Gasteiger partial charge in [0, 0.05) is 41.8 Å². The molecule has 0 unspecified atom stereocenters. The highest BCUT2D eigenvalue weighted by atomic mass is 32.2. The van der Waals surface area contributed by atoms with Crippen LogP contribution in [0.2, 0.25) is 0 Å². The number of nitrogens with zero attached hydrogens (tertiary/aromatic N) is 2. The number of thioether (sulfide) groups is 1. The molecule has 0 bridgehead atoms. The second-order valence-electron chi connectivity index (χ2n) is 4.37. The Labute approximate surface area is 112 Å². The van der Waals surface area contributed by atoms with E-state index in [0.29, 0.717) is 0 Å². The molecule has 2 aromatic rings. The molecule has 0 aliphatic rings. The Bertz CT molecular complexity index is 543. The molecule has 0 atom stereocenters. The maximum atomic E-state index is 4.51. The van der Waals surface area contributed by atoms with Crippen molar-refractivity contribution in [1.82, 2.24) is 9.88 Å². The monoisotopic (exact) mass is 261 g/mol. The van der Waals surface area contributed by atoms with E-state index in [1.165, 1.54) is 15.8 Å². The quantitative estimate of drug-likeness (QED) is 0.396. The van der Waals surface area contributed by atoms with Crippen LogP contribution in [0.15, 0.2) is 40.4 Å². The van der Waals surface area contributed by atoms with Gasteiger partial charge in [0.1, 0.15) is 0 Å². The number of aromatic nitrogens is 1. The number of para-hydroxylation sites is 1. The van der Waals surface area contributed by atoms with Crippen molar-refractivity contribution in [2.24, 2.45) is 4.99 Å². The second-order valence-corrected chi connectivity index (χ2v) is 5.51. The average molecular weight is 261 g/mol. The summed E-state index contributed by atoms with van der Waals surface area (Å²) < 4.78 is 0. The minimum atomic E-state index is 0.855. The number of nitrogens with one attached hydrogen (secondary N) is 1. The lowest BCUT2D eigenvalue weighted by Gasteiger charge is -2.10. The van der Waals surface area contributed by atoms with Crippen LogP contribution in [0.3, 0.4) is 0 Å². The molecule has 0 radical (unpaired) electrons. The van der Waals surface area contributed by atoms with Crippen LogP contribution in [0.5, 0.6) is 0 Å². The summed E-state index contributed by atoms with van der Waals surface area (Å²) in [5.41, 5.74) is 1.20. The van der Waals surface area contributed by atoms with E-state index in [1.807, 2.05) is 37.7 Å². The van der Waals surface area contributed by atoms with E-state index < -0.39 is 0 Å². The van der Waals surface area contributed by atoms with Crippen LogP contribution in [0.4, 0.5) is 0 Å². The number of H-pyrrole nitrogens is 1. The van der Waals surface area contributed by atoms with Crippen LogP contribution in [-0.2, 0) is 0 Å². The highest BCUT2D eigenvalue weighted by molar-refractivity contribution is 7.99. The second kappa shape index (κ2) is 5.96. The first-order valence-corrected chi connectivity index (χ1v) is 7.04. The Kier molecular flexibility index (Phi) is 4.31. The van der Waals surface area contributed by atoms with Crippen molar-refractivity contribution in [3.05, 3.63) is 30.5 Å². The largest absolute Gasteiger partial charge is 0.367 e. The number of fused-ring (bicyclic) bond motifs is 1. The fraction of sp³-hybridized carbons (Fsp3) is 0.357. The van der Waals surface area contributed by atoms with Gasteiger partial charge in [-0.05, 0) is 13.0 Å². The van der Waals surface area contributed by atoms with Crippen molar-refractivity contribution in [3.8, 4) is 0 Å². The molecule has 3 nitrogen and oxygen atoms in total. The minimum absolute atomic E-state index is 0.855. The van der Waals surface area contributed by atoms with Gasteiger partial charge in [-0.3, -0.25) is 4.99 Å². The zero-order chi connectivity index (χ0) is 13.0. The summed E-state index contributed by atoms with van der Waals surface area (Å²) in [6.45, 7) is 2.89. The Morgan fingerprint density at radius 1 is 1.33 bits per heavy atom. The third kappa shape index (κ3) is 3.07. The van der Waals surface area contributed by atoms with Crippen LogP contribution in [0.25, 0.3) is 10.9 Å². The molecule has 1 N–H and O–H groups in total. The fourth-order valence-corrected chi connectivity index (χ4v) is 2.55. The number of benzene rings is 1. The summed E-state index contributed by atoms with van der Waals surface area (Å²) in [4.78, 5) is 11.2. The predicted octanol–water partition coefficient (Wildman–Crippen LogP) is 3.24. The van der Waals surface area contributed by atoms with Crippen molar-refractivity contribution in [2.45, 2.75) is 11.8 Å². The molecule has 0 aliphatic carbocycles. The molecule has 0 saturated carbocycles. The first-order chi connectivity index (χ1) is 8.68. The summed E-state index contributed by atoms with van der Waals surface area (Å²) in [7, 11) is 4.04. The van der Waals surface area contributed by atoms with Gasteiger partial charge >= 0.3 is 0 Å². The molecule has 2 rings (SSSR count). The molecule has 0 aliphatic heterocycles. The number of rotatable bonds is 4. The van der Waals surface area contributed by atoms with E-state index in [-0.39, 0.29) is 0 Å². The topological polar surface area (TPSA) is 31.4 Å². The first kappa shape index (κ1) is 13.0. The van der Waals surface area contributed by atoms with Gasteiger partial charge in [0.25, 0.3) is 0 Å². The van der Waals surface area contributed by atoms with Crippen molar-refractivity contribution in [2.75, 3.05) is 26.4 Å². The molecular weight excluding hydrogens is 242 g/mol. The van der Waals surface area contributed by atoms with Gasteiger partial charge in [-0.15, -0.1) is 11.8 Å². The summed E-state index contributed by atoms with van der Waals surface area (Å²) in [6.07, 6.45) is 2.08. The van der Waals surface area contributed by atoms with E-state index >= 15 is 0 Å². The van der Waals surface area contributed by atoms with Gasteiger partial charge in [-0.1, -0.05) is 18.2 Å². The Balaban J connectivity index is 1.93. The lowest BCUT2D eigenvalue weighted by molar-refractivity contribution is 0.615. The smallest absolute Gasteiger partial charge is 0.0952 e. The molecule has 4 heteroatoms. The maximum Gasteiger partial charge on any atom is 0.0952 e. The van der Waals surface area contributed by atoms with E-state index in [9.17, 15) is 0 Å². The zero-order valence-corrected chi connectivity index (χ0v) is 11.9. The molecule has 1 heterocycles. The molecule has 1 aromatic heterocycles.